The molecule has 0 radical (unpaired) electrons. The number of aromatic amines is 2. The Morgan fingerprint density at radius 1 is 0.800 bits per heavy atom. The van der Waals surface area contributed by atoms with Crippen LogP contribution < -0.4 is 0 Å². The SMILES string of the molecule is Cc1nc2ccccc2[nH]1.Cc1nc2ncccc2[nH]1. The Morgan fingerprint density at radius 3 is 2.30 bits per heavy atom. The lowest BCUT2D eigenvalue weighted by Gasteiger charge is -1.81. The Balaban J connectivity index is 0.000000121. The van der Waals surface area contributed by atoms with E-state index in [1.54, 1.807) is 6.20 Å². The molecule has 0 aliphatic rings. The van der Waals surface area contributed by atoms with E-state index in [1.807, 2.05) is 50.2 Å². The highest BCUT2D eigenvalue weighted by molar-refractivity contribution is 5.74. The third-order valence-corrected chi connectivity index (χ3v) is 2.88. The number of rotatable bonds is 0. The molecule has 20 heavy (non-hydrogen) atoms. The third-order valence-electron chi connectivity index (χ3n) is 2.88. The lowest BCUT2D eigenvalue weighted by Crippen LogP contribution is -1.72. The topological polar surface area (TPSA) is 70.2 Å². The maximum atomic E-state index is 4.26. The number of imidazole rings is 2. The molecule has 1 aromatic carbocycles. The minimum absolute atomic E-state index is 0.792. The van der Waals surface area contributed by atoms with Crippen LogP contribution in [0.15, 0.2) is 42.6 Å². The highest BCUT2D eigenvalue weighted by Gasteiger charge is 1.95. The van der Waals surface area contributed by atoms with Crippen LogP contribution in [0.25, 0.3) is 22.2 Å². The van der Waals surface area contributed by atoms with Gasteiger partial charge in [-0.05, 0) is 38.1 Å². The molecule has 0 saturated carbocycles. The summed E-state index contributed by atoms with van der Waals surface area (Å²) in [6.45, 7) is 3.88. The highest BCUT2D eigenvalue weighted by atomic mass is 15.0. The van der Waals surface area contributed by atoms with Gasteiger partial charge < -0.3 is 9.97 Å². The number of benzene rings is 1. The van der Waals surface area contributed by atoms with Crippen molar-refractivity contribution in [2.45, 2.75) is 13.8 Å². The summed E-state index contributed by atoms with van der Waals surface area (Å²) in [6.07, 6.45) is 1.74. The largest absolute Gasteiger partial charge is 0.342 e. The van der Waals surface area contributed by atoms with E-state index in [9.17, 15) is 0 Å². The second kappa shape index (κ2) is 5.13. The lowest BCUT2D eigenvalue weighted by atomic mass is 10.3. The number of aryl methyl sites for hydroxylation is 2. The van der Waals surface area contributed by atoms with Gasteiger partial charge in [0.05, 0.1) is 16.6 Å². The van der Waals surface area contributed by atoms with Gasteiger partial charge >= 0.3 is 0 Å². The van der Waals surface area contributed by atoms with Crippen LogP contribution in [0.5, 0.6) is 0 Å². The van der Waals surface area contributed by atoms with Gasteiger partial charge in [0.15, 0.2) is 5.65 Å². The first-order valence-electron chi connectivity index (χ1n) is 6.41. The van der Waals surface area contributed by atoms with Crippen LogP contribution in [0.1, 0.15) is 11.6 Å². The van der Waals surface area contributed by atoms with Gasteiger partial charge in [0.25, 0.3) is 0 Å². The zero-order valence-electron chi connectivity index (χ0n) is 11.4. The number of fused-ring (bicyclic) bond motifs is 2. The van der Waals surface area contributed by atoms with Gasteiger partial charge in [0, 0.05) is 6.20 Å². The van der Waals surface area contributed by atoms with Crippen molar-refractivity contribution in [3.8, 4) is 0 Å². The molecule has 100 valence electrons. The molecule has 0 aliphatic carbocycles. The number of aromatic nitrogens is 5. The molecule has 0 saturated heterocycles. The van der Waals surface area contributed by atoms with Crippen molar-refractivity contribution in [2.75, 3.05) is 0 Å². The Kier molecular flexibility index (Phi) is 3.16. The average Bonchev–Trinajstić information content (AvgIpc) is 2.99. The Hall–Kier alpha value is -2.69. The molecule has 3 heterocycles. The number of H-pyrrole nitrogens is 2. The molecule has 0 aliphatic heterocycles. The maximum Gasteiger partial charge on any atom is 0.177 e. The minimum atomic E-state index is 0.792. The van der Waals surface area contributed by atoms with E-state index in [4.69, 9.17) is 0 Å². The molecule has 4 rings (SSSR count). The molecular weight excluding hydrogens is 250 g/mol. The van der Waals surface area contributed by atoms with Gasteiger partial charge in [-0.15, -0.1) is 0 Å². The van der Waals surface area contributed by atoms with E-state index in [0.29, 0.717) is 0 Å². The van der Waals surface area contributed by atoms with Gasteiger partial charge in [-0.3, -0.25) is 0 Å². The van der Waals surface area contributed by atoms with Crippen molar-refractivity contribution in [3.05, 3.63) is 54.2 Å². The molecule has 0 fully saturated rings. The van der Waals surface area contributed by atoms with E-state index >= 15 is 0 Å². The van der Waals surface area contributed by atoms with Gasteiger partial charge in [-0.2, -0.15) is 0 Å². The van der Waals surface area contributed by atoms with Crippen LogP contribution in [0.2, 0.25) is 0 Å². The number of nitrogens with one attached hydrogen (secondary N) is 2. The van der Waals surface area contributed by atoms with Crippen molar-refractivity contribution >= 4 is 22.2 Å². The molecule has 5 nitrogen and oxygen atoms in total. The summed E-state index contributed by atoms with van der Waals surface area (Å²) < 4.78 is 0. The molecule has 0 bridgehead atoms. The van der Waals surface area contributed by atoms with Gasteiger partial charge in [-0.25, -0.2) is 15.0 Å². The Labute approximate surface area is 116 Å². The fraction of sp³-hybridized carbons (Fsp3) is 0.133. The van der Waals surface area contributed by atoms with E-state index < -0.39 is 0 Å². The fourth-order valence-corrected chi connectivity index (χ4v) is 2.05. The number of nitrogens with zero attached hydrogens (tertiary/aromatic N) is 3. The monoisotopic (exact) mass is 265 g/mol. The second-order valence-corrected chi connectivity index (χ2v) is 4.54. The predicted octanol–water partition coefficient (Wildman–Crippen LogP) is 3.14. The first-order chi connectivity index (χ1) is 9.72. The highest BCUT2D eigenvalue weighted by Crippen LogP contribution is 2.08. The van der Waals surface area contributed by atoms with Gasteiger partial charge in [0.2, 0.25) is 0 Å². The summed E-state index contributed by atoms with van der Waals surface area (Å²) in [7, 11) is 0. The number of para-hydroxylation sites is 2. The predicted molar refractivity (Wildman–Crippen MR) is 79.5 cm³/mol. The van der Waals surface area contributed by atoms with Crippen molar-refractivity contribution in [1.29, 1.82) is 0 Å². The van der Waals surface area contributed by atoms with Crippen LogP contribution in [0, 0.1) is 13.8 Å². The average molecular weight is 265 g/mol. The Bertz CT molecular complexity index is 705. The van der Waals surface area contributed by atoms with Crippen LogP contribution >= 0.6 is 0 Å². The van der Waals surface area contributed by atoms with Crippen LogP contribution in [0.4, 0.5) is 0 Å². The first kappa shape index (κ1) is 12.3. The molecule has 0 spiro atoms. The number of pyridine rings is 1. The number of hydrogen-bond acceptors (Lipinski definition) is 3. The van der Waals surface area contributed by atoms with E-state index in [1.165, 1.54) is 0 Å². The lowest BCUT2D eigenvalue weighted by molar-refractivity contribution is 1.16. The van der Waals surface area contributed by atoms with Crippen LogP contribution in [-0.4, -0.2) is 24.9 Å². The van der Waals surface area contributed by atoms with Crippen LogP contribution in [-0.2, 0) is 0 Å². The van der Waals surface area contributed by atoms with Crippen molar-refractivity contribution in [2.24, 2.45) is 0 Å². The molecule has 3 aromatic heterocycles. The summed E-state index contributed by atoms with van der Waals surface area (Å²) in [5.74, 6) is 1.88. The van der Waals surface area contributed by atoms with Gasteiger partial charge in [0.1, 0.15) is 11.6 Å². The zero-order chi connectivity index (χ0) is 13.9. The van der Waals surface area contributed by atoms with Crippen molar-refractivity contribution < 1.29 is 0 Å². The summed E-state index contributed by atoms with van der Waals surface area (Å²) in [5, 5.41) is 0. The van der Waals surface area contributed by atoms with Crippen LogP contribution in [0.3, 0.4) is 0 Å². The molecule has 0 unspecified atom stereocenters. The summed E-state index contributed by atoms with van der Waals surface area (Å²) in [6, 6.07) is 11.9. The normalized spacial score (nSPS) is 10.5. The van der Waals surface area contributed by atoms with E-state index in [0.717, 1.165) is 33.8 Å². The quantitative estimate of drug-likeness (QED) is 0.513. The standard InChI is InChI=1S/C8H8N2.C7H7N3/c1-6-9-7-4-2-3-5-8(7)10-6;1-5-9-6-3-2-4-8-7(6)10-5/h2-5H,1H3,(H,9,10);2-4H,1H3,(H,8,9,10). The molecule has 5 heteroatoms. The fourth-order valence-electron chi connectivity index (χ4n) is 2.05. The molecule has 0 amide bonds. The third kappa shape index (κ3) is 2.51. The zero-order valence-corrected chi connectivity index (χ0v) is 11.4. The van der Waals surface area contributed by atoms with E-state index in [-0.39, 0.29) is 0 Å². The smallest absolute Gasteiger partial charge is 0.177 e. The minimum Gasteiger partial charge on any atom is -0.342 e. The Morgan fingerprint density at radius 2 is 1.50 bits per heavy atom. The summed E-state index contributed by atoms with van der Waals surface area (Å²) in [5.41, 5.74) is 3.94. The summed E-state index contributed by atoms with van der Waals surface area (Å²) in [4.78, 5) is 18.7. The molecule has 4 aromatic rings. The van der Waals surface area contributed by atoms with E-state index in [2.05, 4.69) is 24.9 Å². The maximum absolute atomic E-state index is 4.26. The second-order valence-electron chi connectivity index (χ2n) is 4.54. The first-order valence-corrected chi connectivity index (χ1v) is 6.41. The molecule has 0 atom stereocenters. The molecular formula is C15H15N5. The van der Waals surface area contributed by atoms with Crippen molar-refractivity contribution in [3.63, 3.8) is 0 Å². The number of hydrogen-bond donors (Lipinski definition) is 2. The van der Waals surface area contributed by atoms with Crippen molar-refractivity contribution in [1.82, 2.24) is 24.9 Å². The van der Waals surface area contributed by atoms with Gasteiger partial charge in [-0.1, -0.05) is 12.1 Å². The summed E-state index contributed by atoms with van der Waals surface area (Å²) >= 11 is 0. The molecule has 2 N–H and O–H groups in total.